The van der Waals surface area contributed by atoms with Gasteiger partial charge in [-0.2, -0.15) is 5.10 Å². The summed E-state index contributed by atoms with van der Waals surface area (Å²) in [6.07, 6.45) is 0. The lowest BCUT2D eigenvalue weighted by Gasteiger charge is -2.16. The molecule has 0 radical (unpaired) electrons. The summed E-state index contributed by atoms with van der Waals surface area (Å²) in [5.74, 6) is -0.848. The minimum Gasteiger partial charge on any atom is -0.481 e. The van der Waals surface area contributed by atoms with Crippen molar-refractivity contribution in [2.45, 2.75) is 26.2 Å². The average molecular weight is 224 g/mol. The molecule has 0 fully saturated rings. The Labute approximate surface area is 90.9 Å². The molecule has 2 heterocycles. The van der Waals surface area contributed by atoms with Gasteiger partial charge in [-0.05, 0) is 26.8 Å². The number of fused-ring (bicyclic) bond motifs is 1. The zero-order valence-corrected chi connectivity index (χ0v) is 9.60. The van der Waals surface area contributed by atoms with Gasteiger partial charge in [-0.25, -0.2) is 0 Å². The number of carboxylic acid groups (broad SMARTS) is 1. The molecule has 0 atom stereocenters. The van der Waals surface area contributed by atoms with E-state index in [-0.39, 0.29) is 0 Å². The SMILES string of the molecule is Cc1cc2n[nH]c(C(C)(C)C(=O)O)c2s1. The fraction of sp³-hybridized carbons (Fsp3) is 0.400. The van der Waals surface area contributed by atoms with Crippen LogP contribution in [0.3, 0.4) is 0 Å². The minimum atomic E-state index is -0.925. The highest BCUT2D eigenvalue weighted by Crippen LogP contribution is 2.33. The molecule has 0 amide bonds. The number of nitrogens with one attached hydrogen (secondary N) is 1. The van der Waals surface area contributed by atoms with Crippen LogP contribution in [0.4, 0.5) is 0 Å². The van der Waals surface area contributed by atoms with Crippen molar-refractivity contribution in [3.05, 3.63) is 16.6 Å². The third kappa shape index (κ3) is 1.43. The number of nitrogens with zero attached hydrogens (tertiary/aromatic N) is 1. The molecule has 0 unspecified atom stereocenters. The van der Waals surface area contributed by atoms with Gasteiger partial charge in [-0.1, -0.05) is 0 Å². The van der Waals surface area contributed by atoms with Crippen LogP contribution in [0.2, 0.25) is 0 Å². The van der Waals surface area contributed by atoms with E-state index in [1.807, 2.05) is 13.0 Å². The summed E-state index contributed by atoms with van der Waals surface area (Å²) in [6.45, 7) is 5.35. The predicted octanol–water partition coefficient (Wildman–Crippen LogP) is 2.30. The molecule has 0 saturated carbocycles. The molecule has 4 nitrogen and oxygen atoms in total. The maximum absolute atomic E-state index is 11.1. The number of carboxylic acids is 1. The number of aryl methyl sites for hydroxylation is 1. The van der Waals surface area contributed by atoms with Crippen LogP contribution in [0.15, 0.2) is 6.07 Å². The van der Waals surface area contributed by atoms with E-state index < -0.39 is 11.4 Å². The van der Waals surface area contributed by atoms with Crippen LogP contribution >= 0.6 is 11.3 Å². The minimum absolute atomic E-state index is 0.683. The Morgan fingerprint density at radius 2 is 2.27 bits per heavy atom. The third-order valence-electron chi connectivity index (χ3n) is 2.51. The Morgan fingerprint density at radius 3 is 2.87 bits per heavy atom. The zero-order valence-electron chi connectivity index (χ0n) is 8.79. The van der Waals surface area contributed by atoms with Gasteiger partial charge in [-0.3, -0.25) is 9.89 Å². The van der Waals surface area contributed by atoms with Crippen molar-refractivity contribution in [1.29, 1.82) is 0 Å². The predicted molar refractivity (Wildman–Crippen MR) is 59.4 cm³/mol. The summed E-state index contributed by atoms with van der Waals surface area (Å²) in [5.41, 5.74) is 0.608. The maximum atomic E-state index is 11.1. The summed E-state index contributed by atoms with van der Waals surface area (Å²) in [6, 6.07) is 1.96. The quantitative estimate of drug-likeness (QED) is 0.822. The lowest BCUT2D eigenvalue weighted by Crippen LogP contribution is -2.29. The van der Waals surface area contributed by atoms with Gasteiger partial charge in [0, 0.05) is 4.88 Å². The Bertz CT molecular complexity index is 524. The number of H-pyrrole nitrogens is 1. The Hall–Kier alpha value is -1.36. The maximum Gasteiger partial charge on any atom is 0.315 e. The van der Waals surface area contributed by atoms with Crippen LogP contribution in [0.25, 0.3) is 10.2 Å². The molecule has 0 aromatic carbocycles. The molecule has 0 aliphatic heterocycles. The number of thiophene rings is 1. The Balaban J connectivity index is 2.65. The van der Waals surface area contributed by atoms with Crippen molar-refractivity contribution >= 4 is 27.5 Å². The first-order valence-corrected chi connectivity index (χ1v) is 5.43. The smallest absolute Gasteiger partial charge is 0.315 e. The lowest BCUT2D eigenvalue weighted by atomic mass is 9.89. The molecule has 15 heavy (non-hydrogen) atoms. The van der Waals surface area contributed by atoms with Gasteiger partial charge in [-0.15, -0.1) is 11.3 Å². The monoisotopic (exact) mass is 224 g/mol. The molecular weight excluding hydrogens is 212 g/mol. The molecule has 2 aromatic heterocycles. The summed E-state index contributed by atoms with van der Waals surface area (Å²) in [7, 11) is 0. The van der Waals surface area contributed by atoms with Gasteiger partial charge >= 0.3 is 5.97 Å². The molecule has 2 aromatic rings. The fourth-order valence-corrected chi connectivity index (χ4v) is 2.56. The second kappa shape index (κ2) is 3.06. The van der Waals surface area contributed by atoms with Crippen molar-refractivity contribution < 1.29 is 9.90 Å². The highest BCUT2D eigenvalue weighted by Gasteiger charge is 2.33. The first kappa shape index (κ1) is 10.2. The molecular formula is C10H12N2O2S. The highest BCUT2D eigenvalue weighted by molar-refractivity contribution is 7.19. The Kier molecular flexibility index (Phi) is 2.08. The van der Waals surface area contributed by atoms with Crippen LogP contribution < -0.4 is 0 Å². The molecule has 2 N–H and O–H groups in total. The normalized spacial score (nSPS) is 12.2. The number of hydrogen-bond donors (Lipinski definition) is 2. The number of aromatic nitrogens is 2. The summed E-state index contributed by atoms with van der Waals surface area (Å²) >= 11 is 1.57. The van der Waals surface area contributed by atoms with E-state index in [0.29, 0.717) is 5.69 Å². The Morgan fingerprint density at radius 1 is 1.60 bits per heavy atom. The van der Waals surface area contributed by atoms with Crippen LogP contribution in [0.1, 0.15) is 24.4 Å². The summed E-state index contributed by atoms with van der Waals surface area (Å²) < 4.78 is 0.944. The van der Waals surface area contributed by atoms with E-state index in [1.165, 1.54) is 0 Å². The highest BCUT2D eigenvalue weighted by atomic mass is 32.1. The standard InChI is InChI=1S/C10H12N2O2S/c1-5-4-6-7(15-5)8(12-11-6)10(2,3)9(13)14/h4H,1-3H3,(H,11,12)(H,13,14). The lowest BCUT2D eigenvalue weighted by molar-refractivity contribution is -0.142. The van der Waals surface area contributed by atoms with Crippen LogP contribution in [0, 0.1) is 6.92 Å². The van der Waals surface area contributed by atoms with E-state index in [1.54, 1.807) is 25.2 Å². The second-order valence-electron chi connectivity index (χ2n) is 4.10. The average Bonchev–Trinajstić information content (AvgIpc) is 2.61. The van der Waals surface area contributed by atoms with E-state index in [4.69, 9.17) is 5.11 Å². The third-order valence-corrected chi connectivity index (χ3v) is 3.57. The van der Waals surface area contributed by atoms with Crippen LogP contribution in [0.5, 0.6) is 0 Å². The van der Waals surface area contributed by atoms with Crippen molar-refractivity contribution in [3.63, 3.8) is 0 Å². The van der Waals surface area contributed by atoms with Gasteiger partial charge in [0.1, 0.15) is 10.9 Å². The van der Waals surface area contributed by atoms with E-state index in [0.717, 1.165) is 15.1 Å². The van der Waals surface area contributed by atoms with Gasteiger partial charge in [0.25, 0.3) is 0 Å². The number of aromatic amines is 1. The van der Waals surface area contributed by atoms with Crippen molar-refractivity contribution in [2.24, 2.45) is 0 Å². The summed E-state index contributed by atoms with van der Waals surface area (Å²) in [5, 5.41) is 16.1. The van der Waals surface area contributed by atoms with Crippen molar-refractivity contribution in [3.8, 4) is 0 Å². The van der Waals surface area contributed by atoms with Crippen molar-refractivity contribution in [2.75, 3.05) is 0 Å². The van der Waals surface area contributed by atoms with Crippen LogP contribution in [-0.2, 0) is 10.2 Å². The largest absolute Gasteiger partial charge is 0.481 e. The van der Waals surface area contributed by atoms with Gasteiger partial charge < -0.3 is 5.11 Å². The zero-order chi connectivity index (χ0) is 11.2. The van der Waals surface area contributed by atoms with Gasteiger partial charge in [0.05, 0.1) is 10.4 Å². The molecule has 80 valence electrons. The number of rotatable bonds is 2. The topological polar surface area (TPSA) is 66.0 Å². The number of hydrogen-bond acceptors (Lipinski definition) is 3. The molecule has 0 bridgehead atoms. The second-order valence-corrected chi connectivity index (χ2v) is 5.36. The fourth-order valence-electron chi connectivity index (χ4n) is 1.46. The molecule has 0 saturated heterocycles. The van der Waals surface area contributed by atoms with Gasteiger partial charge in [0.15, 0.2) is 0 Å². The van der Waals surface area contributed by atoms with Crippen molar-refractivity contribution in [1.82, 2.24) is 10.2 Å². The first-order chi connectivity index (χ1) is 6.93. The summed E-state index contributed by atoms with van der Waals surface area (Å²) in [4.78, 5) is 12.3. The van der Waals surface area contributed by atoms with Gasteiger partial charge in [0.2, 0.25) is 0 Å². The van der Waals surface area contributed by atoms with E-state index >= 15 is 0 Å². The van der Waals surface area contributed by atoms with E-state index in [9.17, 15) is 4.79 Å². The number of aliphatic carboxylic acids is 1. The molecule has 0 aliphatic rings. The first-order valence-electron chi connectivity index (χ1n) is 4.61. The van der Waals surface area contributed by atoms with E-state index in [2.05, 4.69) is 10.2 Å². The molecule has 5 heteroatoms. The molecule has 0 aliphatic carbocycles. The number of carbonyl (C=O) groups is 1. The van der Waals surface area contributed by atoms with Crippen LogP contribution in [-0.4, -0.2) is 21.3 Å². The molecule has 2 rings (SSSR count). The molecule has 0 spiro atoms.